The highest BCUT2D eigenvalue weighted by atomic mass is 16.5. The zero-order valence-corrected chi connectivity index (χ0v) is 13.3. The van der Waals surface area contributed by atoms with Crippen LogP contribution >= 0.6 is 0 Å². The number of rotatable bonds is 3. The molecule has 0 atom stereocenters. The molecule has 0 aliphatic carbocycles. The van der Waals surface area contributed by atoms with E-state index in [0.29, 0.717) is 17.5 Å². The van der Waals surface area contributed by atoms with E-state index in [9.17, 15) is 4.79 Å². The van der Waals surface area contributed by atoms with Crippen molar-refractivity contribution < 1.29 is 4.74 Å². The Bertz CT molecular complexity index is 792. The summed E-state index contributed by atoms with van der Waals surface area (Å²) >= 11 is 0. The number of ether oxygens (including phenoxy) is 1. The third-order valence-corrected chi connectivity index (χ3v) is 4.41. The van der Waals surface area contributed by atoms with Gasteiger partial charge in [0.25, 0.3) is 5.56 Å². The fourth-order valence-electron chi connectivity index (χ4n) is 3.08. The topological polar surface area (TPSA) is 77.2 Å². The first-order valence-electron chi connectivity index (χ1n) is 7.80. The van der Waals surface area contributed by atoms with Gasteiger partial charge < -0.3 is 10.1 Å². The van der Waals surface area contributed by atoms with Crippen molar-refractivity contribution in [2.45, 2.75) is 26.1 Å². The van der Waals surface area contributed by atoms with Crippen molar-refractivity contribution >= 4 is 11.5 Å². The summed E-state index contributed by atoms with van der Waals surface area (Å²) < 4.78 is 8.63. The molecule has 1 N–H and O–H groups in total. The van der Waals surface area contributed by atoms with E-state index in [1.54, 1.807) is 13.1 Å². The lowest BCUT2D eigenvalue weighted by molar-refractivity contribution is -0.0735. The average Bonchev–Trinajstić information content (AvgIpc) is 2.84. The van der Waals surface area contributed by atoms with Crippen LogP contribution in [0.2, 0.25) is 0 Å². The first-order chi connectivity index (χ1) is 11.1. The van der Waals surface area contributed by atoms with Crippen molar-refractivity contribution in [3.63, 3.8) is 0 Å². The lowest BCUT2D eigenvalue weighted by Crippen LogP contribution is -2.51. The normalized spacial score (nSPS) is 18.5. The Kier molecular flexibility index (Phi) is 3.42. The molecule has 8 heteroatoms. The predicted octanol–water partition coefficient (Wildman–Crippen LogP) is 0.243. The van der Waals surface area contributed by atoms with Gasteiger partial charge >= 0.3 is 0 Å². The molecule has 4 rings (SSSR count). The molecule has 0 bridgehead atoms. The SMILES string of the molecule is Cc1cc(Nc2cc3n(n2)CCN(C2COC2)C3)c(=O)n(C)n1. The lowest BCUT2D eigenvalue weighted by Gasteiger charge is -2.39. The van der Waals surface area contributed by atoms with Crippen molar-refractivity contribution in [2.24, 2.45) is 7.05 Å². The van der Waals surface area contributed by atoms with E-state index in [0.717, 1.165) is 44.2 Å². The van der Waals surface area contributed by atoms with Crippen LogP contribution in [-0.4, -0.2) is 50.3 Å². The van der Waals surface area contributed by atoms with Crippen molar-refractivity contribution in [3.8, 4) is 0 Å². The quantitative estimate of drug-likeness (QED) is 0.874. The lowest BCUT2D eigenvalue weighted by atomic mass is 10.2. The molecule has 0 spiro atoms. The molecule has 1 saturated heterocycles. The van der Waals surface area contributed by atoms with Gasteiger partial charge in [0.1, 0.15) is 5.69 Å². The van der Waals surface area contributed by atoms with E-state index in [1.807, 2.05) is 17.7 Å². The molecule has 8 nitrogen and oxygen atoms in total. The fourth-order valence-corrected chi connectivity index (χ4v) is 3.08. The summed E-state index contributed by atoms with van der Waals surface area (Å²) in [6, 6.07) is 4.30. The Hall–Kier alpha value is -2.19. The molecule has 0 amide bonds. The van der Waals surface area contributed by atoms with Crippen LogP contribution in [0, 0.1) is 6.92 Å². The molecule has 122 valence electrons. The Morgan fingerprint density at radius 2 is 2.09 bits per heavy atom. The van der Waals surface area contributed by atoms with Crippen LogP contribution in [-0.2, 0) is 24.9 Å². The molecular weight excluding hydrogens is 296 g/mol. The second-order valence-corrected chi connectivity index (χ2v) is 6.16. The van der Waals surface area contributed by atoms with Gasteiger partial charge in [-0.3, -0.25) is 14.4 Å². The molecule has 0 radical (unpaired) electrons. The first kappa shape index (κ1) is 14.4. The number of nitrogens with zero attached hydrogens (tertiary/aromatic N) is 5. The largest absolute Gasteiger partial charge is 0.378 e. The Labute approximate surface area is 133 Å². The van der Waals surface area contributed by atoms with Crippen molar-refractivity contribution in [1.82, 2.24) is 24.5 Å². The highest BCUT2D eigenvalue weighted by molar-refractivity contribution is 5.55. The van der Waals surface area contributed by atoms with Crippen molar-refractivity contribution in [2.75, 3.05) is 25.1 Å². The van der Waals surface area contributed by atoms with Gasteiger partial charge in [-0.2, -0.15) is 10.2 Å². The third-order valence-electron chi connectivity index (χ3n) is 4.41. The van der Waals surface area contributed by atoms with E-state index >= 15 is 0 Å². The highest BCUT2D eigenvalue weighted by Gasteiger charge is 2.29. The number of aryl methyl sites for hydroxylation is 2. The fraction of sp³-hybridized carbons (Fsp3) is 0.533. The van der Waals surface area contributed by atoms with Gasteiger partial charge in [-0.1, -0.05) is 0 Å². The molecule has 2 aliphatic heterocycles. The zero-order chi connectivity index (χ0) is 16.0. The van der Waals surface area contributed by atoms with Crippen LogP contribution in [0.5, 0.6) is 0 Å². The summed E-state index contributed by atoms with van der Waals surface area (Å²) in [5.41, 5.74) is 2.29. The number of nitrogens with one attached hydrogen (secondary N) is 1. The first-order valence-corrected chi connectivity index (χ1v) is 7.80. The average molecular weight is 316 g/mol. The number of hydrogen-bond acceptors (Lipinski definition) is 6. The minimum atomic E-state index is -0.158. The monoisotopic (exact) mass is 316 g/mol. The maximum atomic E-state index is 12.1. The maximum Gasteiger partial charge on any atom is 0.290 e. The Balaban J connectivity index is 1.56. The van der Waals surface area contributed by atoms with Gasteiger partial charge in [-0.05, 0) is 13.0 Å². The van der Waals surface area contributed by atoms with E-state index < -0.39 is 0 Å². The summed E-state index contributed by atoms with van der Waals surface area (Å²) in [7, 11) is 1.65. The summed E-state index contributed by atoms with van der Waals surface area (Å²) in [5, 5.41) is 11.8. The standard InChI is InChI=1S/C15H20N6O2/c1-10-5-13(15(22)19(2)17-10)16-14-6-11-7-20(12-8-23-9-12)3-4-21(11)18-14/h5-6,12H,3-4,7-9H2,1-2H3,(H,16,18). The molecule has 0 aromatic carbocycles. The minimum Gasteiger partial charge on any atom is -0.378 e. The Morgan fingerprint density at radius 1 is 1.26 bits per heavy atom. The molecule has 1 fully saturated rings. The van der Waals surface area contributed by atoms with Gasteiger partial charge in [0.05, 0.1) is 37.2 Å². The molecule has 23 heavy (non-hydrogen) atoms. The number of anilines is 2. The van der Waals surface area contributed by atoms with E-state index in [-0.39, 0.29) is 5.56 Å². The second kappa shape index (κ2) is 5.47. The molecular formula is C15H20N6O2. The minimum absolute atomic E-state index is 0.158. The van der Waals surface area contributed by atoms with Gasteiger partial charge in [0.15, 0.2) is 5.82 Å². The summed E-state index contributed by atoms with van der Waals surface area (Å²) in [6.07, 6.45) is 0. The van der Waals surface area contributed by atoms with Crippen LogP contribution < -0.4 is 10.9 Å². The molecule has 0 saturated carbocycles. The second-order valence-electron chi connectivity index (χ2n) is 6.16. The van der Waals surface area contributed by atoms with E-state index in [2.05, 4.69) is 20.4 Å². The van der Waals surface area contributed by atoms with Crippen LogP contribution in [0.25, 0.3) is 0 Å². The number of hydrogen-bond donors (Lipinski definition) is 1. The molecule has 2 aromatic rings. The van der Waals surface area contributed by atoms with E-state index in [4.69, 9.17) is 4.74 Å². The maximum absolute atomic E-state index is 12.1. The number of fused-ring (bicyclic) bond motifs is 1. The summed E-state index contributed by atoms with van der Waals surface area (Å²) in [6.45, 7) is 6.23. The van der Waals surface area contributed by atoms with Gasteiger partial charge in [-0.25, -0.2) is 4.68 Å². The van der Waals surface area contributed by atoms with Crippen LogP contribution in [0.3, 0.4) is 0 Å². The van der Waals surface area contributed by atoms with Crippen LogP contribution in [0.4, 0.5) is 11.5 Å². The smallest absolute Gasteiger partial charge is 0.290 e. The van der Waals surface area contributed by atoms with Crippen molar-refractivity contribution in [3.05, 3.63) is 33.9 Å². The molecule has 0 unspecified atom stereocenters. The highest BCUT2D eigenvalue weighted by Crippen LogP contribution is 2.22. The predicted molar refractivity (Wildman–Crippen MR) is 84.7 cm³/mol. The summed E-state index contributed by atoms with van der Waals surface area (Å²) in [5.74, 6) is 0.703. The zero-order valence-electron chi connectivity index (χ0n) is 13.3. The third kappa shape index (κ3) is 2.64. The van der Waals surface area contributed by atoms with E-state index in [1.165, 1.54) is 4.68 Å². The van der Waals surface area contributed by atoms with Gasteiger partial charge in [0.2, 0.25) is 0 Å². The summed E-state index contributed by atoms with van der Waals surface area (Å²) in [4.78, 5) is 14.6. The van der Waals surface area contributed by atoms with Crippen LogP contribution in [0.1, 0.15) is 11.4 Å². The van der Waals surface area contributed by atoms with Gasteiger partial charge in [0, 0.05) is 26.2 Å². The Morgan fingerprint density at radius 3 is 2.83 bits per heavy atom. The number of aromatic nitrogens is 4. The molecule has 2 aliphatic rings. The van der Waals surface area contributed by atoms with Gasteiger partial charge in [-0.15, -0.1) is 0 Å². The van der Waals surface area contributed by atoms with Crippen molar-refractivity contribution in [1.29, 1.82) is 0 Å². The molecule has 2 aromatic heterocycles. The van der Waals surface area contributed by atoms with Crippen LogP contribution in [0.15, 0.2) is 16.9 Å². The molecule has 4 heterocycles.